The second kappa shape index (κ2) is 15.5. The fourth-order valence-electron chi connectivity index (χ4n) is 0.864. The van der Waals surface area contributed by atoms with Crippen LogP contribution in [-0.2, 0) is 47.1 Å². The molecule has 25 heteroatoms. The van der Waals surface area contributed by atoms with Crippen LogP contribution in [0.3, 0.4) is 0 Å². The van der Waals surface area contributed by atoms with Crippen LogP contribution in [0.2, 0.25) is 0 Å². The molecule has 0 saturated heterocycles. The van der Waals surface area contributed by atoms with Gasteiger partial charge in [-0.1, -0.05) is 0 Å². The number of hydrogen-bond acceptors (Lipinski definition) is 6. The molecule has 0 unspecified atom stereocenters. The Morgan fingerprint density at radius 3 is 0.550 bits per heavy atom. The van der Waals surface area contributed by atoms with Crippen molar-refractivity contribution in [1.29, 1.82) is 0 Å². The van der Waals surface area contributed by atoms with Crippen molar-refractivity contribution in [2.75, 3.05) is 0 Å². The summed E-state index contributed by atoms with van der Waals surface area (Å²) in [6, 6.07) is 0. The van der Waals surface area contributed by atoms with Gasteiger partial charge in [0.05, 0.1) is 0 Å². The molecule has 0 rings (SSSR count). The molecule has 3 N–H and O–H groups in total. The van der Waals surface area contributed by atoms with Crippen molar-refractivity contribution in [3.05, 3.63) is 35.5 Å². The summed E-state index contributed by atoms with van der Waals surface area (Å²) in [5.74, 6) is -16.0. The van der Waals surface area contributed by atoms with Gasteiger partial charge in [-0.3, -0.25) is 14.4 Å². The average Bonchev–Trinajstić information content (AvgIpc) is 2.64. The van der Waals surface area contributed by atoms with Gasteiger partial charge in [-0.15, -0.1) is 0 Å². The first-order valence-corrected chi connectivity index (χ1v) is 7.92. The number of hydrogen-bond donors (Lipinski definition) is 3. The molecular weight excluding hydrogens is 707 g/mol. The molecule has 0 aliphatic carbocycles. The van der Waals surface area contributed by atoms with Gasteiger partial charge in [0.2, 0.25) is 17.3 Å². The van der Waals surface area contributed by atoms with Crippen molar-refractivity contribution in [2.45, 2.75) is 37.1 Å². The molecule has 1 radical (unpaired) electrons. The van der Waals surface area contributed by atoms with E-state index in [2.05, 4.69) is 0 Å². The zero-order valence-electron chi connectivity index (χ0n) is 17.7. The van der Waals surface area contributed by atoms with E-state index >= 15 is 0 Å². The normalized spacial score (nSPS) is 14.1. The van der Waals surface area contributed by atoms with Crippen molar-refractivity contribution in [3.63, 3.8) is 0 Å². The first-order valence-electron chi connectivity index (χ1n) is 7.92. The Kier molecular flexibility index (Phi) is 17.2. The van der Waals surface area contributed by atoms with Crippen LogP contribution >= 0.6 is 0 Å². The third-order valence-electron chi connectivity index (χ3n) is 2.51. The summed E-state index contributed by atoms with van der Waals surface area (Å²) in [4.78, 5) is 29.6. The molecule has 0 aromatic carbocycles. The minimum atomic E-state index is -5.42. The van der Waals surface area contributed by atoms with Crippen LogP contribution in [0.25, 0.3) is 0 Å². The first kappa shape index (κ1) is 44.5. The summed E-state index contributed by atoms with van der Waals surface area (Å²) >= 11 is 0. The standard InChI is InChI=1S/3C5H2F6O2.Y/c3*6-4(7,8)2(12)1-3(13)5(9,10)11;/h3*1,12H;/b2*2-1+;2-1-;. The average molecular weight is 713 g/mol. The van der Waals surface area contributed by atoms with E-state index in [1.54, 1.807) is 0 Å². The SMILES string of the molecule is O=C(/C=C(/O)C(F)(F)F)C(F)(F)F.O=C(/C=C(/O)C(F)(F)F)C(F)(F)F.O=C(/C=C(\O)C(F)(F)F)C(F)(F)F.[Y]. The van der Waals surface area contributed by atoms with Crippen LogP contribution in [0.1, 0.15) is 0 Å². The Morgan fingerprint density at radius 1 is 0.350 bits per heavy atom. The zero-order valence-corrected chi connectivity index (χ0v) is 20.5. The summed E-state index contributed by atoms with van der Waals surface area (Å²) in [7, 11) is 0. The second-order valence-corrected chi connectivity index (χ2v) is 5.67. The number of halogens is 18. The fraction of sp³-hybridized carbons (Fsp3) is 0.400. The maximum Gasteiger partial charge on any atom is 0.454 e. The molecule has 0 amide bonds. The summed E-state index contributed by atoms with van der Waals surface area (Å²) in [5.41, 5.74) is 0. The second-order valence-electron chi connectivity index (χ2n) is 5.67. The molecule has 0 aromatic rings. The van der Waals surface area contributed by atoms with Crippen LogP contribution < -0.4 is 0 Å². The summed E-state index contributed by atoms with van der Waals surface area (Å²) in [6.45, 7) is 0. The van der Waals surface area contributed by atoms with E-state index in [0.29, 0.717) is 0 Å². The molecule has 0 fully saturated rings. The predicted molar refractivity (Wildman–Crippen MR) is 83.5 cm³/mol. The van der Waals surface area contributed by atoms with Crippen LogP contribution in [0.5, 0.6) is 0 Å². The van der Waals surface area contributed by atoms with Crippen molar-refractivity contribution >= 4 is 17.3 Å². The number of aliphatic hydroxyl groups is 3. The molecule has 0 aliphatic rings. The quantitative estimate of drug-likeness (QED) is 0.178. The van der Waals surface area contributed by atoms with Gasteiger partial charge >= 0.3 is 37.1 Å². The van der Waals surface area contributed by atoms with Gasteiger partial charge < -0.3 is 15.3 Å². The Morgan fingerprint density at radius 2 is 0.475 bits per heavy atom. The maximum atomic E-state index is 11.4. The smallest absolute Gasteiger partial charge is 0.454 e. The number of allylic oxidation sites excluding steroid dienone is 6. The van der Waals surface area contributed by atoms with Crippen molar-refractivity contribution in [3.8, 4) is 0 Å². The molecule has 0 spiro atoms. The Labute approximate surface area is 231 Å². The molecule has 6 nitrogen and oxygen atoms in total. The molecule has 0 bridgehead atoms. The van der Waals surface area contributed by atoms with E-state index in [0.717, 1.165) is 0 Å². The van der Waals surface area contributed by atoms with Crippen LogP contribution in [-0.4, -0.2) is 69.7 Å². The van der Waals surface area contributed by atoms with E-state index in [1.807, 2.05) is 0 Å². The van der Waals surface area contributed by atoms with E-state index in [9.17, 15) is 93.4 Å². The molecule has 0 aromatic heterocycles. The van der Waals surface area contributed by atoms with Crippen molar-refractivity contribution in [1.82, 2.24) is 0 Å². The monoisotopic (exact) mass is 713 g/mol. The topological polar surface area (TPSA) is 112 Å². The Balaban J connectivity index is -0.000000240. The van der Waals surface area contributed by atoms with Gasteiger partial charge in [-0.25, -0.2) is 0 Å². The molecule has 0 atom stereocenters. The van der Waals surface area contributed by atoms with Crippen LogP contribution in [0.15, 0.2) is 35.5 Å². The third kappa shape index (κ3) is 20.4. The number of carbonyl (C=O) groups is 3. The van der Waals surface area contributed by atoms with E-state index in [4.69, 9.17) is 15.3 Å². The number of rotatable bonds is 3. The van der Waals surface area contributed by atoms with Crippen molar-refractivity contribution in [2.24, 2.45) is 0 Å². The van der Waals surface area contributed by atoms with Gasteiger partial charge in [0, 0.05) is 50.9 Å². The molecule has 40 heavy (non-hydrogen) atoms. The third-order valence-corrected chi connectivity index (χ3v) is 2.51. The van der Waals surface area contributed by atoms with Crippen LogP contribution in [0.4, 0.5) is 79.0 Å². The van der Waals surface area contributed by atoms with Gasteiger partial charge in [-0.2, -0.15) is 79.0 Å². The van der Waals surface area contributed by atoms with Gasteiger partial charge in [0.1, 0.15) is 0 Å². The number of aliphatic hydroxyl groups excluding tert-OH is 3. The summed E-state index contributed by atoms with van der Waals surface area (Å²) in [6.07, 6.45) is -35.0. The fourth-order valence-corrected chi connectivity index (χ4v) is 0.864. The maximum absolute atomic E-state index is 11.4. The van der Waals surface area contributed by atoms with Gasteiger partial charge in [0.25, 0.3) is 17.3 Å². The van der Waals surface area contributed by atoms with E-state index in [-0.39, 0.29) is 32.7 Å². The minimum absolute atomic E-state index is 0. The Bertz CT molecular complexity index is 834. The first-order chi connectivity index (χ1) is 16.6. The predicted octanol–water partition coefficient (Wildman–Crippen LogP) is 6.36. The number of alkyl halides is 18. The molecule has 0 heterocycles. The van der Waals surface area contributed by atoms with Crippen LogP contribution in [0, 0.1) is 0 Å². The molecule has 0 saturated carbocycles. The Hall–Kier alpha value is -2.53. The molecule has 0 aliphatic heterocycles. The van der Waals surface area contributed by atoms with E-state index in [1.165, 1.54) is 0 Å². The largest absolute Gasteiger partial charge is 0.504 e. The summed E-state index contributed by atoms with van der Waals surface area (Å²) < 4.78 is 204. The van der Waals surface area contributed by atoms with Crippen molar-refractivity contribution < 1.29 is 141 Å². The van der Waals surface area contributed by atoms with Gasteiger partial charge in [-0.05, 0) is 0 Å². The number of carbonyl (C=O) groups excluding carboxylic acids is 3. The van der Waals surface area contributed by atoms with E-state index < -0.39 is 89.9 Å². The summed E-state index contributed by atoms with van der Waals surface area (Å²) in [5, 5.41) is 23.8. The molecule has 231 valence electrons. The zero-order chi connectivity index (χ0) is 32.6. The van der Waals surface area contributed by atoms with Gasteiger partial charge in [0.15, 0.2) is 0 Å². The minimum Gasteiger partial charge on any atom is -0.504 e. The molecular formula is C15H6F18O6Y. The number of ketones is 3.